The minimum Gasteiger partial charge on any atom is -0.456 e. The second-order valence-corrected chi connectivity index (χ2v) is 36.6. The van der Waals surface area contributed by atoms with Gasteiger partial charge in [-0.2, -0.15) is 0 Å². The van der Waals surface area contributed by atoms with Gasteiger partial charge in [0.2, 0.25) is 17.1 Å². The highest BCUT2D eigenvalue weighted by molar-refractivity contribution is 6.24. The minimum atomic E-state index is 0.546. The molecule has 0 spiro atoms. The Bertz CT molecular complexity index is 10800. The predicted molar refractivity (Wildman–Crippen MR) is 592 cm³/mol. The number of furan rings is 6. The fraction of sp³-hybridized carbons (Fsp3) is 0. The van der Waals surface area contributed by atoms with E-state index >= 15 is 0 Å². The van der Waals surface area contributed by atoms with Gasteiger partial charge in [-0.25, -0.2) is 59.8 Å². The van der Waals surface area contributed by atoms with E-state index in [0.29, 0.717) is 69.6 Å². The van der Waals surface area contributed by atoms with Gasteiger partial charge in [0.05, 0.1) is 44.4 Å². The fourth-order valence-electron chi connectivity index (χ4n) is 20.9. The van der Waals surface area contributed by atoms with Crippen LogP contribution in [0.1, 0.15) is 0 Å². The van der Waals surface area contributed by atoms with Gasteiger partial charge in [-0.05, 0) is 87.6 Å². The number of para-hydroxylation sites is 8. The molecule has 0 atom stereocenters. The Morgan fingerprint density at radius 2 is 0.378 bits per heavy atom. The minimum absolute atomic E-state index is 0.546. The zero-order chi connectivity index (χ0) is 97.4. The predicted octanol–water partition coefficient (Wildman–Crippen LogP) is 33.8. The molecule has 0 N–H and O–H groups in total. The van der Waals surface area contributed by atoms with E-state index in [-0.39, 0.29) is 0 Å². The van der Waals surface area contributed by atoms with E-state index in [9.17, 15) is 0 Å². The summed E-state index contributed by atoms with van der Waals surface area (Å²) in [6, 6.07) is 151. The Labute approximate surface area is 841 Å². The van der Waals surface area contributed by atoms with Gasteiger partial charge >= 0.3 is 0 Å². The summed E-state index contributed by atoms with van der Waals surface area (Å²) in [6.45, 7) is 0. The molecule has 31 rings (SSSR count). The number of nitrogens with zero attached hydrogens (tertiary/aromatic N) is 12. The fourth-order valence-corrected chi connectivity index (χ4v) is 20.9. The molecule has 0 radical (unpaired) electrons. The standard InChI is InChI=1S/C46H26N4O2.2C42H24N4O2/c1-2-11-30-26-31(25-20-27(30)10-1)44-48-43(49-45(50-44)37-17-9-16-35-32-12-5-7-18-38(32)51-42(35)37)29-23-21-28(22-24-29)41-34-14-4-3-13-33(34)40-36-15-6-8-19-39(36)52-46(40)47-41;1-2-11-26(12-3-1)39-44-40(46-41(45-39)33-18-10-17-31-28-13-6-8-19-34(28)47-38(31)33)27-23-21-25(22-24-27)37-30-15-5-4-14-29(30)36-32-16-7-9-20-35(32)48-42(36)43-37;1-2-11-26(12-3-1)39-44-40(46-41(45-39)32-17-10-20-35-36(32)30-15-6-8-18-33(30)47-35)27-23-21-25(22-24-27)38-29-14-5-4-13-28(29)37-31-16-7-9-19-34(31)48-42(37)43-38/h1-26H;2*1-24H. The molecule has 0 bridgehead atoms. The van der Waals surface area contributed by atoms with E-state index in [4.69, 9.17) is 86.3 Å². The highest BCUT2D eigenvalue weighted by atomic mass is 16.4. The Morgan fingerprint density at radius 3 is 0.764 bits per heavy atom. The van der Waals surface area contributed by atoms with Gasteiger partial charge in [-0.3, -0.25) is 0 Å². The summed E-state index contributed by atoms with van der Waals surface area (Å²) in [5.41, 5.74) is 22.5. The molecule has 18 nitrogen and oxygen atoms in total. The van der Waals surface area contributed by atoms with Gasteiger partial charge in [0, 0.05) is 120 Å². The van der Waals surface area contributed by atoms with Crippen molar-refractivity contribution in [1.29, 1.82) is 0 Å². The summed E-state index contributed by atoms with van der Waals surface area (Å²) in [6.07, 6.45) is 0. The molecule has 19 aromatic carbocycles. The van der Waals surface area contributed by atoms with Crippen LogP contribution < -0.4 is 0 Å². The highest BCUT2D eigenvalue weighted by Crippen LogP contribution is 2.47. The molecule has 0 saturated heterocycles. The zero-order valence-corrected chi connectivity index (χ0v) is 78.5. The third-order valence-electron chi connectivity index (χ3n) is 27.9. The first kappa shape index (κ1) is 84.4. The van der Waals surface area contributed by atoms with Gasteiger partial charge in [0.1, 0.15) is 50.2 Å². The van der Waals surface area contributed by atoms with Crippen LogP contribution in [0.4, 0.5) is 0 Å². The number of rotatable bonds is 12. The molecule has 0 aliphatic rings. The Hall–Kier alpha value is -20.5. The quantitative estimate of drug-likeness (QED) is 0.111. The molecule has 0 aliphatic heterocycles. The summed E-state index contributed by atoms with van der Waals surface area (Å²) < 4.78 is 37.7. The molecule has 12 heterocycles. The van der Waals surface area contributed by atoms with E-state index in [1.165, 1.54) is 0 Å². The van der Waals surface area contributed by atoms with Crippen LogP contribution in [0.5, 0.6) is 0 Å². The second-order valence-electron chi connectivity index (χ2n) is 36.6. The van der Waals surface area contributed by atoms with Crippen molar-refractivity contribution in [2.24, 2.45) is 0 Å². The number of aromatic nitrogens is 12. The number of hydrogen-bond donors (Lipinski definition) is 0. The van der Waals surface area contributed by atoms with Crippen molar-refractivity contribution < 1.29 is 26.5 Å². The molecule has 12 aromatic heterocycles. The average Bonchev–Trinajstić information content (AvgIpc) is 1.58. The lowest BCUT2D eigenvalue weighted by Gasteiger charge is -2.11. The third-order valence-corrected chi connectivity index (χ3v) is 27.9. The van der Waals surface area contributed by atoms with Crippen molar-refractivity contribution in [2.75, 3.05) is 0 Å². The first-order valence-corrected chi connectivity index (χ1v) is 48.8. The van der Waals surface area contributed by atoms with Crippen LogP contribution in [-0.4, -0.2) is 59.8 Å². The van der Waals surface area contributed by atoms with Crippen LogP contribution in [0, 0.1) is 0 Å². The molecular formula is C130H74N12O6. The summed E-state index contributed by atoms with van der Waals surface area (Å²) >= 11 is 0. The van der Waals surface area contributed by atoms with E-state index in [2.05, 4.69) is 212 Å². The first-order chi connectivity index (χ1) is 73.3. The Balaban J connectivity index is 0.000000105. The van der Waals surface area contributed by atoms with Crippen molar-refractivity contribution in [3.05, 3.63) is 449 Å². The van der Waals surface area contributed by atoms with Gasteiger partial charge < -0.3 is 26.5 Å². The number of fused-ring (bicyclic) bond motifs is 25. The second kappa shape index (κ2) is 34.7. The van der Waals surface area contributed by atoms with E-state index in [1.807, 2.05) is 237 Å². The number of hydrogen-bond acceptors (Lipinski definition) is 18. The third kappa shape index (κ3) is 14.5. The number of pyridine rings is 3. The maximum absolute atomic E-state index is 6.42. The largest absolute Gasteiger partial charge is 0.456 e. The van der Waals surface area contributed by atoms with Crippen LogP contribution >= 0.6 is 0 Å². The Morgan fingerprint density at radius 1 is 0.128 bits per heavy atom. The Kier molecular flexibility index (Phi) is 19.8. The zero-order valence-electron chi connectivity index (χ0n) is 78.5. The van der Waals surface area contributed by atoms with E-state index < -0.39 is 0 Å². The van der Waals surface area contributed by atoms with Crippen LogP contribution in [0.15, 0.2) is 475 Å². The van der Waals surface area contributed by atoms with Gasteiger partial charge in [-0.1, -0.05) is 388 Å². The van der Waals surface area contributed by atoms with Crippen LogP contribution in [0.2, 0.25) is 0 Å². The van der Waals surface area contributed by atoms with E-state index in [1.54, 1.807) is 0 Å². The molecule has 0 amide bonds. The molecule has 148 heavy (non-hydrogen) atoms. The maximum atomic E-state index is 6.42. The van der Waals surface area contributed by atoms with Gasteiger partial charge in [-0.15, -0.1) is 0 Å². The highest BCUT2D eigenvalue weighted by Gasteiger charge is 2.27. The molecule has 690 valence electrons. The molecule has 18 heteroatoms. The van der Waals surface area contributed by atoms with Gasteiger partial charge in [0.25, 0.3) is 0 Å². The normalized spacial score (nSPS) is 11.8. The van der Waals surface area contributed by atoms with Gasteiger partial charge in [0.15, 0.2) is 52.4 Å². The monoisotopic (exact) mass is 1900 g/mol. The van der Waals surface area contributed by atoms with Crippen molar-refractivity contribution in [3.63, 3.8) is 0 Å². The summed E-state index contributed by atoms with van der Waals surface area (Å²) in [7, 11) is 0. The topological polar surface area (TPSA) is 234 Å². The lowest BCUT2D eigenvalue weighted by molar-refractivity contribution is 0.654. The summed E-state index contributed by atoms with van der Waals surface area (Å²) in [5, 5.41) is 21.3. The maximum Gasteiger partial charge on any atom is 0.228 e. The number of benzene rings is 19. The van der Waals surface area contributed by atoms with E-state index in [0.717, 1.165) is 242 Å². The van der Waals surface area contributed by atoms with Crippen LogP contribution in [0.3, 0.4) is 0 Å². The van der Waals surface area contributed by atoms with Crippen LogP contribution in [-0.2, 0) is 0 Å². The molecule has 31 aromatic rings. The lowest BCUT2D eigenvalue weighted by Crippen LogP contribution is -2.00. The molecule has 0 unspecified atom stereocenters. The molecule has 0 fully saturated rings. The lowest BCUT2D eigenvalue weighted by atomic mass is 10.00. The van der Waals surface area contributed by atoms with Crippen molar-refractivity contribution in [1.82, 2.24) is 59.8 Å². The van der Waals surface area contributed by atoms with Crippen LogP contribution in [0.25, 0.3) is 311 Å². The molecular weight excluding hydrogens is 1830 g/mol. The van der Waals surface area contributed by atoms with Crippen molar-refractivity contribution in [2.45, 2.75) is 0 Å². The smallest absolute Gasteiger partial charge is 0.228 e. The summed E-state index contributed by atoms with van der Waals surface area (Å²) in [4.78, 5) is 60.4. The van der Waals surface area contributed by atoms with Crippen molar-refractivity contribution in [3.8, 4) is 136 Å². The molecule has 0 saturated carbocycles. The first-order valence-electron chi connectivity index (χ1n) is 48.8. The summed E-state index contributed by atoms with van der Waals surface area (Å²) in [5.74, 6) is 5.20. The average molecular weight is 1900 g/mol. The SMILES string of the molecule is c1ccc(-c2nc(-c3ccc(-c4nc5oc6ccccc6c5c5ccccc45)cc3)nc(-c3cccc4c3oc3ccccc34)n2)cc1.c1ccc(-c2nc(-c3ccc(-c4nc5oc6ccccc6c5c5ccccc45)cc3)nc(-c3cccc4oc5ccccc5c34)n2)cc1.c1ccc2cc(-c3nc(-c4ccc(-c5nc6oc7ccccc7c6c6ccccc56)cc4)nc(-c4cccc5c4oc4ccccc45)n3)ccc2c1. The molecule has 0 aliphatic carbocycles. The van der Waals surface area contributed by atoms with Crippen molar-refractivity contribution >= 4 is 175 Å².